The van der Waals surface area contributed by atoms with Crippen molar-refractivity contribution in [2.24, 2.45) is 5.92 Å². The lowest BCUT2D eigenvalue weighted by atomic mass is 9.82. The van der Waals surface area contributed by atoms with Gasteiger partial charge < -0.3 is 10.2 Å². The molecule has 2 amide bonds. The summed E-state index contributed by atoms with van der Waals surface area (Å²) in [7, 11) is 0. The number of rotatable bonds is 5. The van der Waals surface area contributed by atoms with E-state index in [1.165, 1.54) is 0 Å². The smallest absolute Gasteiger partial charge is 0.246 e. The lowest BCUT2D eigenvalue weighted by molar-refractivity contribution is -0.162. The van der Waals surface area contributed by atoms with Crippen LogP contribution in [-0.4, -0.2) is 34.3 Å². The van der Waals surface area contributed by atoms with E-state index in [1.807, 2.05) is 46.4 Å². The first-order chi connectivity index (χ1) is 8.85. The monoisotopic (exact) mass is 268 g/mol. The molecule has 0 radical (unpaired) electrons. The quantitative estimate of drug-likeness (QED) is 0.832. The van der Waals surface area contributed by atoms with Gasteiger partial charge in [-0.2, -0.15) is 0 Å². The van der Waals surface area contributed by atoms with E-state index in [2.05, 4.69) is 5.32 Å². The molecule has 0 aromatic heterocycles. The molecule has 0 aromatic carbocycles. The van der Waals surface area contributed by atoms with Gasteiger partial charge in [0.1, 0.15) is 11.6 Å². The van der Waals surface area contributed by atoms with Gasteiger partial charge in [0, 0.05) is 6.04 Å². The number of hydrogen-bond donors (Lipinski definition) is 1. The van der Waals surface area contributed by atoms with Crippen molar-refractivity contribution in [1.29, 1.82) is 0 Å². The summed E-state index contributed by atoms with van der Waals surface area (Å²) in [6, 6.07) is -0.323. The predicted octanol–water partition coefficient (Wildman–Crippen LogP) is 2.33. The fourth-order valence-electron chi connectivity index (χ4n) is 3.09. The van der Waals surface area contributed by atoms with Crippen LogP contribution < -0.4 is 5.32 Å². The minimum atomic E-state index is -0.671. The molecule has 0 bridgehead atoms. The van der Waals surface area contributed by atoms with Crippen molar-refractivity contribution in [2.45, 2.75) is 78.4 Å². The third-order valence-corrected chi connectivity index (χ3v) is 4.57. The fraction of sp³-hybridized carbons (Fsp3) is 0.867. The summed E-state index contributed by atoms with van der Waals surface area (Å²) in [4.78, 5) is 27.1. The van der Waals surface area contributed by atoms with Crippen molar-refractivity contribution in [3.8, 4) is 0 Å². The summed E-state index contributed by atoms with van der Waals surface area (Å²) in [5, 5.41) is 2.96. The molecule has 1 N–H and O–H groups in total. The Kier molecular flexibility index (Phi) is 4.99. The normalized spacial score (nSPS) is 24.6. The molecule has 4 nitrogen and oxygen atoms in total. The number of hydrogen-bond acceptors (Lipinski definition) is 2. The van der Waals surface area contributed by atoms with Crippen LogP contribution in [0.15, 0.2) is 0 Å². The van der Waals surface area contributed by atoms with Gasteiger partial charge in [0.15, 0.2) is 0 Å². The summed E-state index contributed by atoms with van der Waals surface area (Å²) in [6.45, 7) is 12.0. The van der Waals surface area contributed by atoms with E-state index >= 15 is 0 Å². The van der Waals surface area contributed by atoms with Gasteiger partial charge in [-0.05, 0) is 32.6 Å². The van der Waals surface area contributed by atoms with Gasteiger partial charge in [-0.25, -0.2) is 0 Å². The van der Waals surface area contributed by atoms with Crippen LogP contribution in [-0.2, 0) is 9.59 Å². The lowest BCUT2D eigenvalue weighted by Crippen LogP contribution is -2.72. The van der Waals surface area contributed by atoms with E-state index < -0.39 is 5.54 Å². The number of piperazine rings is 1. The van der Waals surface area contributed by atoms with Crippen LogP contribution in [0.25, 0.3) is 0 Å². The van der Waals surface area contributed by atoms with Crippen LogP contribution in [0.3, 0.4) is 0 Å². The molecule has 1 rings (SSSR count). The average Bonchev–Trinajstić information content (AvgIpc) is 2.39. The molecule has 0 spiro atoms. The Morgan fingerprint density at radius 1 is 1.16 bits per heavy atom. The highest BCUT2D eigenvalue weighted by Gasteiger charge is 2.51. The average molecular weight is 268 g/mol. The summed E-state index contributed by atoms with van der Waals surface area (Å²) < 4.78 is 0. The van der Waals surface area contributed by atoms with Gasteiger partial charge in [-0.1, -0.05) is 34.1 Å². The maximum absolute atomic E-state index is 12.8. The van der Waals surface area contributed by atoms with Crippen LogP contribution in [0.1, 0.15) is 60.8 Å². The first-order valence-electron chi connectivity index (χ1n) is 7.49. The number of carbonyl (C=O) groups is 2. The molecule has 2 atom stereocenters. The van der Waals surface area contributed by atoms with Crippen LogP contribution in [0, 0.1) is 5.92 Å². The number of nitrogens with one attached hydrogen (secondary N) is 1. The van der Waals surface area contributed by atoms with E-state index in [0.29, 0.717) is 12.8 Å². The van der Waals surface area contributed by atoms with Crippen molar-refractivity contribution in [2.75, 3.05) is 0 Å². The van der Waals surface area contributed by atoms with Crippen molar-refractivity contribution in [3.05, 3.63) is 0 Å². The third kappa shape index (κ3) is 2.49. The van der Waals surface area contributed by atoms with Crippen molar-refractivity contribution >= 4 is 11.8 Å². The minimum Gasteiger partial charge on any atom is -0.342 e. The Balaban J connectivity index is 3.21. The number of nitrogens with zero attached hydrogens (tertiary/aromatic N) is 1. The van der Waals surface area contributed by atoms with Crippen LogP contribution >= 0.6 is 0 Å². The summed E-state index contributed by atoms with van der Waals surface area (Å²) in [5.41, 5.74) is -0.671. The van der Waals surface area contributed by atoms with Crippen LogP contribution in [0.2, 0.25) is 0 Å². The second kappa shape index (κ2) is 5.93. The molecule has 0 aromatic rings. The first kappa shape index (κ1) is 16.0. The topological polar surface area (TPSA) is 49.4 Å². The Labute approximate surface area is 116 Å². The standard InChI is InChI=1S/C15H28N2O2/c1-7-11(6)12-13(18)17(10(4)5)15(8-2,9-3)14(19)16-12/h10-12H,7-9H2,1-6H3,(H,16,19). The molecule has 0 saturated carbocycles. The van der Waals surface area contributed by atoms with Gasteiger partial charge >= 0.3 is 0 Å². The molecular formula is C15H28N2O2. The molecule has 1 heterocycles. The van der Waals surface area contributed by atoms with Crippen molar-refractivity contribution in [1.82, 2.24) is 10.2 Å². The van der Waals surface area contributed by atoms with Gasteiger partial charge in [0.05, 0.1) is 0 Å². The van der Waals surface area contributed by atoms with Crippen LogP contribution in [0.4, 0.5) is 0 Å². The second-order valence-electron chi connectivity index (χ2n) is 5.88. The molecular weight excluding hydrogens is 240 g/mol. The second-order valence-corrected chi connectivity index (χ2v) is 5.88. The van der Waals surface area contributed by atoms with E-state index in [-0.39, 0.29) is 29.8 Å². The van der Waals surface area contributed by atoms with E-state index in [0.717, 1.165) is 6.42 Å². The predicted molar refractivity (Wildman–Crippen MR) is 76.7 cm³/mol. The van der Waals surface area contributed by atoms with E-state index in [9.17, 15) is 9.59 Å². The molecule has 1 aliphatic rings. The lowest BCUT2D eigenvalue weighted by Gasteiger charge is -2.50. The summed E-state index contributed by atoms with van der Waals surface area (Å²) >= 11 is 0. The highest BCUT2D eigenvalue weighted by atomic mass is 16.2. The Morgan fingerprint density at radius 2 is 1.68 bits per heavy atom. The largest absolute Gasteiger partial charge is 0.342 e. The maximum atomic E-state index is 12.8. The molecule has 1 saturated heterocycles. The van der Waals surface area contributed by atoms with Crippen LogP contribution in [0.5, 0.6) is 0 Å². The molecule has 1 fully saturated rings. The first-order valence-corrected chi connectivity index (χ1v) is 7.49. The Hall–Kier alpha value is -1.06. The molecule has 110 valence electrons. The number of amides is 2. The molecule has 4 heteroatoms. The highest BCUT2D eigenvalue weighted by molar-refractivity contribution is 6.00. The zero-order valence-corrected chi connectivity index (χ0v) is 13.1. The minimum absolute atomic E-state index is 0.0103. The highest BCUT2D eigenvalue weighted by Crippen LogP contribution is 2.32. The van der Waals surface area contributed by atoms with Gasteiger partial charge in [0.25, 0.3) is 0 Å². The Bertz CT molecular complexity index is 348. The summed E-state index contributed by atoms with van der Waals surface area (Å²) in [6.07, 6.45) is 2.20. The zero-order valence-electron chi connectivity index (χ0n) is 13.1. The summed E-state index contributed by atoms with van der Waals surface area (Å²) in [5.74, 6) is 0.258. The maximum Gasteiger partial charge on any atom is 0.246 e. The Morgan fingerprint density at radius 3 is 2.05 bits per heavy atom. The third-order valence-electron chi connectivity index (χ3n) is 4.57. The van der Waals surface area contributed by atoms with Gasteiger partial charge in [-0.15, -0.1) is 0 Å². The molecule has 19 heavy (non-hydrogen) atoms. The van der Waals surface area contributed by atoms with E-state index in [4.69, 9.17) is 0 Å². The number of carbonyl (C=O) groups excluding carboxylic acids is 2. The van der Waals surface area contributed by atoms with Crippen molar-refractivity contribution < 1.29 is 9.59 Å². The SMILES string of the molecule is CCC(C)C1NC(=O)C(CC)(CC)N(C(C)C)C1=O. The molecule has 2 unspecified atom stereocenters. The fourth-order valence-corrected chi connectivity index (χ4v) is 3.09. The van der Waals surface area contributed by atoms with Gasteiger partial charge in [0.2, 0.25) is 11.8 Å². The van der Waals surface area contributed by atoms with Crippen molar-refractivity contribution in [3.63, 3.8) is 0 Å². The van der Waals surface area contributed by atoms with Gasteiger partial charge in [-0.3, -0.25) is 9.59 Å². The van der Waals surface area contributed by atoms with E-state index in [1.54, 1.807) is 0 Å². The molecule has 1 aliphatic heterocycles. The molecule has 0 aliphatic carbocycles. The zero-order chi connectivity index (χ0) is 14.8.